The molecule has 0 aliphatic rings. The number of rotatable bonds is 3. The van der Waals surface area contributed by atoms with E-state index >= 15 is 0 Å². The average molecular weight is 232 g/mol. The van der Waals surface area contributed by atoms with E-state index in [0.29, 0.717) is 5.75 Å². The highest BCUT2D eigenvalue weighted by molar-refractivity contribution is 8.13. The molecule has 2 aromatic rings. The van der Waals surface area contributed by atoms with Crippen LogP contribution < -0.4 is 0 Å². The maximum Gasteiger partial charge on any atom is 0.186 e. The molecule has 16 heavy (non-hydrogen) atoms. The molecule has 1 N–H and O–H groups in total. The molecule has 0 aromatic carbocycles. The zero-order chi connectivity index (χ0) is 11.4. The molecule has 82 valence electrons. The Labute approximate surface area is 98.0 Å². The number of aromatic amines is 1. The average Bonchev–Trinajstić information content (AvgIpc) is 2.72. The third kappa shape index (κ3) is 2.52. The number of carbonyl (C=O) groups is 1. The van der Waals surface area contributed by atoms with Gasteiger partial charge in [-0.25, -0.2) is 4.98 Å². The van der Waals surface area contributed by atoms with Crippen LogP contribution in [0, 0.1) is 0 Å². The maximum atomic E-state index is 10.7. The smallest absolute Gasteiger partial charge is 0.186 e. The summed E-state index contributed by atoms with van der Waals surface area (Å²) in [7, 11) is 0. The second-order valence-electron chi connectivity index (χ2n) is 3.35. The van der Waals surface area contributed by atoms with Gasteiger partial charge in [0.2, 0.25) is 0 Å². The van der Waals surface area contributed by atoms with Gasteiger partial charge in [0.15, 0.2) is 5.12 Å². The van der Waals surface area contributed by atoms with E-state index in [0.717, 1.165) is 16.6 Å². The highest BCUT2D eigenvalue weighted by atomic mass is 32.2. The Morgan fingerprint density at radius 1 is 1.56 bits per heavy atom. The number of fused-ring (bicyclic) bond motifs is 1. The monoisotopic (exact) mass is 232 g/mol. The first kappa shape index (κ1) is 11.0. The quantitative estimate of drug-likeness (QED) is 0.885. The summed E-state index contributed by atoms with van der Waals surface area (Å²) < 4.78 is 0. The Morgan fingerprint density at radius 2 is 2.44 bits per heavy atom. The Balaban J connectivity index is 2.14. The molecule has 2 rings (SSSR count). The minimum Gasteiger partial charge on any atom is -0.346 e. The van der Waals surface area contributed by atoms with Crippen LogP contribution in [0.25, 0.3) is 17.1 Å². The van der Waals surface area contributed by atoms with Crippen molar-refractivity contribution in [3.8, 4) is 0 Å². The standard InChI is InChI=1S/C12H12N2OS/c1-9(15)16-8-2-3-10-4-6-13-12-11(10)5-7-14-12/h2-7H,8H2,1H3,(H,13,14). The van der Waals surface area contributed by atoms with Gasteiger partial charge in [-0.15, -0.1) is 0 Å². The van der Waals surface area contributed by atoms with Gasteiger partial charge in [-0.05, 0) is 17.7 Å². The van der Waals surface area contributed by atoms with Crippen LogP contribution in [0.1, 0.15) is 12.5 Å². The molecule has 0 fully saturated rings. The number of hydrogen-bond donors (Lipinski definition) is 1. The lowest BCUT2D eigenvalue weighted by molar-refractivity contribution is -0.109. The lowest BCUT2D eigenvalue weighted by Gasteiger charge is -1.95. The van der Waals surface area contributed by atoms with E-state index in [2.05, 4.69) is 9.97 Å². The molecule has 0 aliphatic carbocycles. The molecule has 0 radical (unpaired) electrons. The summed E-state index contributed by atoms with van der Waals surface area (Å²) >= 11 is 1.31. The van der Waals surface area contributed by atoms with Gasteiger partial charge in [-0.3, -0.25) is 4.79 Å². The third-order valence-corrected chi connectivity index (χ3v) is 2.94. The third-order valence-electron chi connectivity index (χ3n) is 2.17. The van der Waals surface area contributed by atoms with E-state index in [4.69, 9.17) is 0 Å². The summed E-state index contributed by atoms with van der Waals surface area (Å²) in [5.41, 5.74) is 2.01. The Hall–Kier alpha value is -1.55. The van der Waals surface area contributed by atoms with E-state index in [1.54, 1.807) is 13.1 Å². The summed E-state index contributed by atoms with van der Waals surface area (Å²) in [5, 5.41) is 1.25. The van der Waals surface area contributed by atoms with E-state index in [9.17, 15) is 4.79 Å². The van der Waals surface area contributed by atoms with Crippen LogP contribution in [0.15, 0.2) is 30.6 Å². The van der Waals surface area contributed by atoms with Gasteiger partial charge < -0.3 is 4.98 Å². The van der Waals surface area contributed by atoms with Crippen molar-refractivity contribution in [1.29, 1.82) is 0 Å². The van der Waals surface area contributed by atoms with Gasteiger partial charge >= 0.3 is 0 Å². The fourth-order valence-corrected chi connectivity index (χ4v) is 1.90. The summed E-state index contributed by atoms with van der Waals surface area (Å²) in [6.07, 6.45) is 7.66. The summed E-state index contributed by atoms with van der Waals surface area (Å²) in [4.78, 5) is 18.0. The highest BCUT2D eigenvalue weighted by Crippen LogP contribution is 2.16. The predicted octanol–water partition coefficient (Wildman–Crippen LogP) is 2.86. The fraction of sp³-hybridized carbons (Fsp3) is 0.167. The van der Waals surface area contributed by atoms with Crippen molar-refractivity contribution in [2.24, 2.45) is 0 Å². The second-order valence-corrected chi connectivity index (χ2v) is 4.54. The number of H-pyrrole nitrogens is 1. The van der Waals surface area contributed by atoms with Crippen molar-refractivity contribution in [2.45, 2.75) is 6.92 Å². The van der Waals surface area contributed by atoms with Crippen LogP contribution in [0.2, 0.25) is 0 Å². The largest absolute Gasteiger partial charge is 0.346 e. The Kier molecular flexibility index (Phi) is 3.41. The number of aromatic nitrogens is 2. The van der Waals surface area contributed by atoms with Crippen LogP contribution in [-0.4, -0.2) is 20.8 Å². The van der Waals surface area contributed by atoms with Gasteiger partial charge in [0.05, 0.1) is 0 Å². The number of pyridine rings is 1. The number of nitrogens with zero attached hydrogens (tertiary/aromatic N) is 1. The van der Waals surface area contributed by atoms with Crippen LogP contribution in [0.5, 0.6) is 0 Å². The van der Waals surface area contributed by atoms with Crippen LogP contribution >= 0.6 is 11.8 Å². The molecular weight excluding hydrogens is 220 g/mol. The molecule has 4 heteroatoms. The van der Waals surface area contributed by atoms with Crippen molar-refractivity contribution in [2.75, 3.05) is 5.75 Å². The molecule has 0 saturated heterocycles. The lowest BCUT2D eigenvalue weighted by Crippen LogP contribution is -1.82. The zero-order valence-corrected chi connectivity index (χ0v) is 9.75. The summed E-state index contributed by atoms with van der Waals surface area (Å²) in [6, 6.07) is 3.96. The van der Waals surface area contributed by atoms with Crippen molar-refractivity contribution in [3.63, 3.8) is 0 Å². The predicted molar refractivity (Wildman–Crippen MR) is 68.3 cm³/mol. The number of hydrogen-bond acceptors (Lipinski definition) is 3. The lowest BCUT2D eigenvalue weighted by atomic mass is 10.2. The Morgan fingerprint density at radius 3 is 3.25 bits per heavy atom. The van der Waals surface area contributed by atoms with E-state index < -0.39 is 0 Å². The molecule has 0 unspecified atom stereocenters. The fourth-order valence-electron chi connectivity index (χ4n) is 1.47. The summed E-state index contributed by atoms with van der Waals surface area (Å²) in [6.45, 7) is 1.58. The first-order valence-corrected chi connectivity index (χ1v) is 5.98. The molecule has 0 bridgehead atoms. The molecule has 0 amide bonds. The van der Waals surface area contributed by atoms with Crippen LogP contribution in [0.4, 0.5) is 0 Å². The van der Waals surface area contributed by atoms with Gasteiger partial charge in [0, 0.05) is 30.5 Å². The molecule has 0 aliphatic heterocycles. The number of carbonyl (C=O) groups excluding carboxylic acids is 1. The SMILES string of the molecule is CC(=O)SCC=Cc1ccnc2[nH]ccc12. The normalized spacial score (nSPS) is 11.3. The van der Waals surface area contributed by atoms with Crippen LogP contribution in [-0.2, 0) is 4.79 Å². The van der Waals surface area contributed by atoms with E-state index in [-0.39, 0.29) is 5.12 Å². The van der Waals surface area contributed by atoms with Gasteiger partial charge in [0.1, 0.15) is 5.65 Å². The van der Waals surface area contributed by atoms with Crippen LogP contribution in [0.3, 0.4) is 0 Å². The molecule has 0 saturated carbocycles. The van der Waals surface area contributed by atoms with Crippen molar-refractivity contribution in [1.82, 2.24) is 9.97 Å². The second kappa shape index (κ2) is 4.99. The van der Waals surface area contributed by atoms with Gasteiger partial charge in [0.25, 0.3) is 0 Å². The van der Waals surface area contributed by atoms with Crippen molar-refractivity contribution < 1.29 is 4.79 Å². The first-order chi connectivity index (χ1) is 7.77. The molecule has 0 spiro atoms. The topological polar surface area (TPSA) is 45.8 Å². The first-order valence-electron chi connectivity index (χ1n) is 4.99. The number of thioether (sulfide) groups is 1. The molecule has 2 aromatic heterocycles. The molecule has 3 nitrogen and oxygen atoms in total. The Bertz CT molecular complexity index is 531. The van der Waals surface area contributed by atoms with Crippen molar-refractivity contribution in [3.05, 3.63) is 36.2 Å². The minimum atomic E-state index is 0.145. The highest BCUT2D eigenvalue weighted by Gasteiger charge is 1.98. The van der Waals surface area contributed by atoms with Gasteiger partial charge in [-0.2, -0.15) is 0 Å². The molecule has 0 atom stereocenters. The molecule has 2 heterocycles. The number of nitrogens with one attached hydrogen (secondary N) is 1. The van der Waals surface area contributed by atoms with Gasteiger partial charge in [-0.1, -0.05) is 23.9 Å². The van der Waals surface area contributed by atoms with E-state index in [1.165, 1.54) is 11.8 Å². The van der Waals surface area contributed by atoms with Crippen molar-refractivity contribution >= 4 is 34.0 Å². The summed E-state index contributed by atoms with van der Waals surface area (Å²) in [5.74, 6) is 0.712. The maximum absolute atomic E-state index is 10.7. The van der Waals surface area contributed by atoms with E-state index in [1.807, 2.05) is 30.5 Å². The minimum absolute atomic E-state index is 0.145. The molecular formula is C12H12N2OS. The zero-order valence-electron chi connectivity index (χ0n) is 8.93.